The van der Waals surface area contributed by atoms with Gasteiger partial charge >= 0.3 is 0 Å². The predicted molar refractivity (Wildman–Crippen MR) is 43.2 cm³/mol. The van der Waals surface area contributed by atoms with E-state index < -0.39 is 0 Å². The van der Waals surface area contributed by atoms with E-state index in [2.05, 4.69) is 34.6 Å². The van der Waals surface area contributed by atoms with E-state index in [0.29, 0.717) is 0 Å². The molecular weight excluding hydrogens is 108 g/mol. The fourth-order valence-electron chi connectivity index (χ4n) is 1.55. The van der Waals surface area contributed by atoms with Crippen LogP contribution in [0, 0.1) is 17.8 Å². The van der Waals surface area contributed by atoms with Gasteiger partial charge in [0.25, 0.3) is 0 Å². The van der Waals surface area contributed by atoms with E-state index in [1.54, 1.807) is 5.92 Å². The van der Waals surface area contributed by atoms with Crippen LogP contribution in [0.15, 0.2) is 0 Å². The highest BCUT2D eigenvalue weighted by atomic mass is 14.2. The van der Waals surface area contributed by atoms with Crippen LogP contribution in [0.5, 0.6) is 0 Å². The molecule has 9 heavy (non-hydrogen) atoms. The van der Waals surface area contributed by atoms with Gasteiger partial charge in [0.15, 0.2) is 0 Å². The fourth-order valence-corrected chi connectivity index (χ4v) is 1.55. The molecule has 0 radical (unpaired) electrons. The maximum atomic E-state index is 2.29. The van der Waals surface area contributed by atoms with E-state index in [9.17, 15) is 0 Å². The van der Waals surface area contributed by atoms with E-state index in [0.717, 1.165) is 11.8 Å². The van der Waals surface area contributed by atoms with E-state index in [-0.39, 0.29) is 0 Å². The minimum Gasteiger partial charge on any atom is -0.316 e. The quantitative estimate of drug-likeness (QED) is 0.510. The molecule has 0 spiro atoms. The Balaban J connectivity index is 3.68. The monoisotopic (exact) mass is 127 g/mol. The third kappa shape index (κ3) is 2.88. The van der Waals surface area contributed by atoms with Gasteiger partial charge in [-0.1, -0.05) is 33.1 Å². The molecule has 0 rings (SSSR count). The molecule has 0 N–H and O–H groups in total. The van der Waals surface area contributed by atoms with Crippen molar-refractivity contribution in [2.75, 3.05) is 0 Å². The summed E-state index contributed by atoms with van der Waals surface area (Å²) in [4.78, 5) is 0. The SMILES string of the molecule is CCC([C-](C)C)C(C)C. The third-order valence-corrected chi connectivity index (χ3v) is 1.99. The van der Waals surface area contributed by atoms with Gasteiger partial charge in [0.2, 0.25) is 0 Å². The minimum absolute atomic E-state index is 0.819. The van der Waals surface area contributed by atoms with Crippen LogP contribution in [-0.2, 0) is 0 Å². The Labute approximate surface area is 59.7 Å². The first-order valence-electron chi connectivity index (χ1n) is 3.89. The van der Waals surface area contributed by atoms with Crippen LogP contribution in [0.3, 0.4) is 0 Å². The zero-order chi connectivity index (χ0) is 7.44. The maximum Gasteiger partial charge on any atom is -0.0650 e. The van der Waals surface area contributed by atoms with Crippen molar-refractivity contribution in [3.63, 3.8) is 0 Å². The van der Waals surface area contributed by atoms with Crippen molar-refractivity contribution in [2.24, 2.45) is 11.8 Å². The van der Waals surface area contributed by atoms with Crippen LogP contribution in [0.2, 0.25) is 0 Å². The number of hydrogen-bond donors (Lipinski definition) is 0. The molecule has 0 aliphatic rings. The van der Waals surface area contributed by atoms with Crippen LogP contribution >= 0.6 is 0 Å². The summed E-state index contributed by atoms with van der Waals surface area (Å²) in [5.41, 5.74) is 0. The molecule has 0 fully saturated rings. The summed E-state index contributed by atoms with van der Waals surface area (Å²) in [6, 6.07) is 0. The van der Waals surface area contributed by atoms with Crippen molar-refractivity contribution in [3.05, 3.63) is 5.92 Å². The lowest BCUT2D eigenvalue weighted by molar-refractivity contribution is 0.390. The topological polar surface area (TPSA) is 0 Å². The summed E-state index contributed by atoms with van der Waals surface area (Å²) in [5.74, 6) is 3.23. The molecule has 56 valence electrons. The highest BCUT2D eigenvalue weighted by molar-refractivity contribution is 4.87. The van der Waals surface area contributed by atoms with Crippen molar-refractivity contribution in [1.82, 2.24) is 0 Å². The van der Waals surface area contributed by atoms with E-state index in [1.165, 1.54) is 6.42 Å². The molecule has 0 bridgehead atoms. The van der Waals surface area contributed by atoms with Gasteiger partial charge in [-0.2, -0.15) is 19.8 Å². The molecule has 0 heteroatoms. The number of rotatable bonds is 3. The van der Waals surface area contributed by atoms with Gasteiger partial charge in [-0.3, -0.25) is 0 Å². The normalized spacial score (nSPS) is 15.0. The molecule has 1 unspecified atom stereocenters. The Kier molecular flexibility index (Phi) is 3.92. The second kappa shape index (κ2) is 3.92. The summed E-state index contributed by atoms with van der Waals surface area (Å²) in [6.07, 6.45) is 1.29. The molecule has 0 aliphatic heterocycles. The summed E-state index contributed by atoms with van der Waals surface area (Å²) >= 11 is 0. The Morgan fingerprint density at radius 3 is 1.67 bits per heavy atom. The molecule has 0 nitrogen and oxygen atoms in total. The minimum atomic E-state index is 0.819. The van der Waals surface area contributed by atoms with Gasteiger partial charge in [-0.05, 0) is 0 Å². The lowest BCUT2D eigenvalue weighted by atomic mass is 9.84. The molecule has 0 aliphatic carbocycles. The first-order chi connectivity index (χ1) is 4.09. The number of hydrogen-bond acceptors (Lipinski definition) is 0. The van der Waals surface area contributed by atoms with Crippen LogP contribution in [-0.4, -0.2) is 0 Å². The van der Waals surface area contributed by atoms with Gasteiger partial charge in [-0.15, -0.1) is 0 Å². The van der Waals surface area contributed by atoms with E-state index in [1.807, 2.05) is 0 Å². The molecule has 0 heterocycles. The summed E-state index contributed by atoms with van der Waals surface area (Å²) in [5, 5.41) is 0. The molecule has 0 saturated carbocycles. The fraction of sp³-hybridized carbons (Fsp3) is 0.889. The first-order valence-corrected chi connectivity index (χ1v) is 3.89. The van der Waals surface area contributed by atoms with Crippen molar-refractivity contribution in [2.45, 2.75) is 41.0 Å². The molecule has 0 aromatic heterocycles. The Morgan fingerprint density at radius 2 is 1.67 bits per heavy atom. The average Bonchev–Trinajstić information content (AvgIpc) is 1.64. The Hall–Kier alpha value is 0. The molecule has 1 atom stereocenters. The van der Waals surface area contributed by atoms with Gasteiger partial charge < -0.3 is 5.92 Å². The van der Waals surface area contributed by atoms with Crippen LogP contribution in [0.25, 0.3) is 0 Å². The molecular formula is C9H19-. The van der Waals surface area contributed by atoms with Crippen molar-refractivity contribution in [1.29, 1.82) is 0 Å². The van der Waals surface area contributed by atoms with Crippen LogP contribution in [0.1, 0.15) is 41.0 Å². The van der Waals surface area contributed by atoms with Crippen LogP contribution in [0.4, 0.5) is 0 Å². The zero-order valence-corrected chi connectivity index (χ0v) is 7.36. The molecule has 0 amide bonds. The third-order valence-electron chi connectivity index (χ3n) is 1.99. The zero-order valence-electron chi connectivity index (χ0n) is 7.36. The lowest BCUT2D eigenvalue weighted by Crippen LogP contribution is -2.12. The summed E-state index contributed by atoms with van der Waals surface area (Å²) in [6.45, 7) is 11.3. The maximum absolute atomic E-state index is 2.29. The smallest absolute Gasteiger partial charge is 0.0650 e. The lowest BCUT2D eigenvalue weighted by Gasteiger charge is -2.34. The van der Waals surface area contributed by atoms with Gasteiger partial charge in [0.1, 0.15) is 0 Å². The van der Waals surface area contributed by atoms with Crippen molar-refractivity contribution >= 4 is 0 Å². The highest BCUT2D eigenvalue weighted by Crippen LogP contribution is 2.24. The molecule has 0 aromatic carbocycles. The molecule has 0 aromatic rings. The highest BCUT2D eigenvalue weighted by Gasteiger charge is 2.03. The van der Waals surface area contributed by atoms with Gasteiger partial charge in [0.05, 0.1) is 0 Å². The largest absolute Gasteiger partial charge is 0.316 e. The summed E-state index contributed by atoms with van der Waals surface area (Å²) < 4.78 is 0. The Morgan fingerprint density at radius 1 is 1.22 bits per heavy atom. The van der Waals surface area contributed by atoms with Crippen LogP contribution < -0.4 is 0 Å². The average molecular weight is 127 g/mol. The van der Waals surface area contributed by atoms with Gasteiger partial charge in [0, 0.05) is 0 Å². The molecule has 0 saturated heterocycles. The second-order valence-electron chi connectivity index (χ2n) is 3.34. The predicted octanol–water partition coefficient (Wildman–Crippen LogP) is 3.28. The standard InChI is InChI=1S/C9H19/c1-6-9(7(2)3)8(4)5/h7,9H,6H2,1-5H3/q-1. The van der Waals surface area contributed by atoms with Crippen molar-refractivity contribution < 1.29 is 0 Å². The van der Waals surface area contributed by atoms with Crippen molar-refractivity contribution in [3.8, 4) is 0 Å². The first kappa shape index (κ1) is 9.00. The Bertz CT molecular complexity index is 54.4. The van der Waals surface area contributed by atoms with E-state index >= 15 is 0 Å². The van der Waals surface area contributed by atoms with E-state index in [4.69, 9.17) is 0 Å². The van der Waals surface area contributed by atoms with Gasteiger partial charge in [-0.25, -0.2) is 0 Å². The second-order valence-corrected chi connectivity index (χ2v) is 3.34. The summed E-state index contributed by atoms with van der Waals surface area (Å²) in [7, 11) is 0.